The Bertz CT molecular complexity index is 469. The Morgan fingerprint density at radius 2 is 1.86 bits per heavy atom. The predicted molar refractivity (Wildman–Crippen MR) is 87.6 cm³/mol. The van der Waals surface area contributed by atoms with Crippen molar-refractivity contribution in [3.05, 3.63) is 24.3 Å². The molecule has 0 aromatic heterocycles. The lowest BCUT2D eigenvalue weighted by Crippen LogP contribution is -2.40. The Kier molecular flexibility index (Phi) is 5.88. The Hall–Kier alpha value is -1.91. The molecule has 0 bridgehead atoms. The van der Waals surface area contributed by atoms with Gasteiger partial charge in [0.05, 0.1) is 11.4 Å². The number of carbonyl (C=O) groups is 1. The summed E-state index contributed by atoms with van der Waals surface area (Å²) < 4.78 is 5.40. The highest BCUT2D eigenvalue weighted by molar-refractivity contribution is 5.69. The average molecular weight is 293 g/mol. The van der Waals surface area contributed by atoms with E-state index in [9.17, 15) is 4.79 Å². The van der Waals surface area contributed by atoms with Crippen molar-refractivity contribution in [3.8, 4) is 0 Å². The monoisotopic (exact) mass is 293 g/mol. The molecule has 0 fully saturated rings. The minimum absolute atomic E-state index is 0.278. The number of rotatable bonds is 5. The molecule has 0 aliphatic rings. The number of amides is 1. The van der Waals surface area contributed by atoms with Crippen molar-refractivity contribution < 1.29 is 9.53 Å². The van der Waals surface area contributed by atoms with Gasteiger partial charge >= 0.3 is 6.09 Å². The Balaban J connectivity index is 2.59. The molecule has 0 unspecified atom stereocenters. The summed E-state index contributed by atoms with van der Waals surface area (Å²) >= 11 is 0. The maximum absolute atomic E-state index is 12.1. The van der Waals surface area contributed by atoms with Crippen LogP contribution in [0.1, 0.15) is 27.7 Å². The largest absolute Gasteiger partial charge is 0.444 e. The third-order valence-electron chi connectivity index (χ3n) is 3.09. The highest BCUT2D eigenvalue weighted by Gasteiger charge is 2.21. The molecular weight excluding hydrogens is 266 g/mol. The van der Waals surface area contributed by atoms with Crippen LogP contribution >= 0.6 is 0 Å². The summed E-state index contributed by atoms with van der Waals surface area (Å²) in [4.78, 5) is 15.8. The molecule has 0 saturated carbocycles. The highest BCUT2D eigenvalue weighted by Crippen LogP contribution is 2.20. The van der Waals surface area contributed by atoms with Gasteiger partial charge in [0.15, 0.2) is 0 Å². The van der Waals surface area contributed by atoms with E-state index in [2.05, 4.69) is 0 Å². The first kappa shape index (κ1) is 17.1. The zero-order chi connectivity index (χ0) is 16.0. The number of benzene rings is 1. The fourth-order valence-corrected chi connectivity index (χ4v) is 1.93. The van der Waals surface area contributed by atoms with E-state index in [1.807, 2.05) is 63.9 Å². The van der Waals surface area contributed by atoms with E-state index < -0.39 is 5.60 Å². The Labute approximate surface area is 127 Å². The van der Waals surface area contributed by atoms with Crippen molar-refractivity contribution in [1.29, 1.82) is 0 Å². The molecule has 5 heteroatoms. The van der Waals surface area contributed by atoms with E-state index in [-0.39, 0.29) is 6.09 Å². The van der Waals surface area contributed by atoms with E-state index in [0.29, 0.717) is 19.6 Å². The fourth-order valence-electron chi connectivity index (χ4n) is 1.93. The van der Waals surface area contributed by atoms with Gasteiger partial charge in [-0.25, -0.2) is 4.79 Å². The summed E-state index contributed by atoms with van der Waals surface area (Å²) in [6.45, 7) is 9.46. The van der Waals surface area contributed by atoms with E-state index >= 15 is 0 Å². The maximum Gasteiger partial charge on any atom is 0.410 e. The molecular formula is C16H27N3O2. The first-order valence-electron chi connectivity index (χ1n) is 7.28. The molecule has 0 saturated heterocycles. The van der Waals surface area contributed by atoms with Gasteiger partial charge in [-0.05, 0) is 39.8 Å². The van der Waals surface area contributed by atoms with E-state index in [1.54, 1.807) is 4.90 Å². The van der Waals surface area contributed by atoms with E-state index in [0.717, 1.165) is 11.4 Å². The van der Waals surface area contributed by atoms with Gasteiger partial charge in [0.2, 0.25) is 0 Å². The number of ether oxygens (including phenoxy) is 1. The van der Waals surface area contributed by atoms with E-state index in [4.69, 9.17) is 10.5 Å². The second-order valence-corrected chi connectivity index (χ2v) is 6.04. The van der Waals surface area contributed by atoms with Crippen molar-refractivity contribution in [1.82, 2.24) is 4.90 Å². The highest BCUT2D eigenvalue weighted by atomic mass is 16.6. The van der Waals surface area contributed by atoms with Crippen molar-refractivity contribution >= 4 is 17.5 Å². The van der Waals surface area contributed by atoms with Crippen LogP contribution in [0.25, 0.3) is 0 Å². The van der Waals surface area contributed by atoms with Gasteiger partial charge in [0.1, 0.15) is 5.60 Å². The summed E-state index contributed by atoms with van der Waals surface area (Å²) in [5.41, 5.74) is 7.19. The van der Waals surface area contributed by atoms with Crippen LogP contribution in [0.5, 0.6) is 0 Å². The van der Waals surface area contributed by atoms with Gasteiger partial charge in [-0.3, -0.25) is 0 Å². The zero-order valence-electron chi connectivity index (χ0n) is 13.7. The quantitative estimate of drug-likeness (QED) is 0.848. The molecule has 0 radical (unpaired) electrons. The van der Waals surface area contributed by atoms with Crippen LogP contribution in [-0.2, 0) is 4.74 Å². The van der Waals surface area contributed by atoms with E-state index in [1.165, 1.54) is 0 Å². The van der Waals surface area contributed by atoms with Gasteiger partial charge < -0.3 is 20.3 Å². The molecule has 0 spiro atoms. The smallest absolute Gasteiger partial charge is 0.410 e. The summed E-state index contributed by atoms with van der Waals surface area (Å²) in [6.07, 6.45) is -0.278. The third kappa shape index (κ3) is 5.53. The number of para-hydroxylation sites is 2. The van der Waals surface area contributed by atoms with Crippen LogP contribution in [0.3, 0.4) is 0 Å². The average Bonchev–Trinajstić information content (AvgIpc) is 2.37. The number of likely N-dealkylation sites (N-methyl/N-ethyl adjacent to an activating group) is 2. The first-order valence-corrected chi connectivity index (χ1v) is 7.28. The van der Waals surface area contributed by atoms with Crippen molar-refractivity contribution in [2.45, 2.75) is 33.3 Å². The molecule has 0 atom stereocenters. The lowest BCUT2D eigenvalue weighted by Gasteiger charge is -2.29. The maximum atomic E-state index is 12.1. The predicted octanol–water partition coefficient (Wildman–Crippen LogP) is 2.96. The summed E-state index contributed by atoms with van der Waals surface area (Å²) in [6, 6.07) is 7.70. The van der Waals surface area contributed by atoms with Gasteiger partial charge in [-0.15, -0.1) is 0 Å². The fraction of sp³-hybridized carbons (Fsp3) is 0.562. The second kappa shape index (κ2) is 7.20. The van der Waals surface area contributed by atoms with Crippen LogP contribution in [0, 0.1) is 0 Å². The first-order chi connectivity index (χ1) is 9.74. The number of anilines is 2. The SMILES string of the molecule is CCN(CCN(C)c1ccccc1N)C(=O)OC(C)(C)C. The second-order valence-electron chi connectivity index (χ2n) is 6.04. The molecule has 0 heterocycles. The standard InChI is InChI=1S/C16H27N3O2/c1-6-19(15(20)21-16(2,3)4)12-11-18(5)14-10-8-7-9-13(14)17/h7-10H,6,11-12,17H2,1-5H3. The van der Waals surface area contributed by atoms with Crippen molar-refractivity contribution in [2.75, 3.05) is 37.3 Å². The van der Waals surface area contributed by atoms with Crippen molar-refractivity contribution in [2.24, 2.45) is 0 Å². The molecule has 1 aromatic carbocycles. The lowest BCUT2D eigenvalue weighted by molar-refractivity contribution is 0.0265. The molecule has 21 heavy (non-hydrogen) atoms. The Morgan fingerprint density at radius 1 is 1.24 bits per heavy atom. The topological polar surface area (TPSA) is 58.8 Å². The van der Waals surface area contributed by atoms with Gasteiger partial charge in [0, 0.05) is 26.7 Å². The molecule has 1 aromatic rings. The Morgan fingerprint density at radius 3 is 2.38 bits per heavy atom. The lowest BCUT2D eigenvalue weighted by atomic mass is 10.2. The molecule has 0 aliphatic carbocycles. The number of hydrogen-bond donors (Lipinski definition) is 1. The minimum Gasteiger partial charge on any atom is -0.444 e. The van der Waals surface area contributed by atoms with Crippen LogP contribution in [0.2, 0.25) is 0 Å². The molecule has 2 N–H and O–H groups in total. The number of carbonyl (C=O) groups excluding carboxylic acids is 1. The van der Waals surface area contributed by atoms with Crippen LogP contribution in [0.15, 0.2) is 24.3 Å². The van der Waals surface area contributed by atoms with Gasteiger partial charge in [0.25, 0.3) is 0 Å². The molecule has 1 amide bonds. The zero-order valence-corrected chi connectivity index (χ0v) is 13.7. The molecule has 118 valence electrons. The van der Waals surface area contributed by atoms with Crippen LogP contribution in [0.4, 0.5) is 16.2 Å². The van der Waals surface area contributed by atoms with Gasteiger partial charge in [-0.2, -0.15) is 0 Å². The van der Waals surface area contributed by atoms with Crippen LogP contribution in [-0.4, -0.2) is 43.3 Å². The van der Waals surface area contributed by atoms with Gasteiger partial charge in [-0.1, -0.05) is 12.1 Å². The number of hydrogen-bond acceptors (Lipinski definition) is 4. The summed E-state index contributed by atoms with van der Waals surface area (Å²) in [5.74, 6) is 0. The summed E-state index contributed by atoms with van der Waals surface area (Å²) in [5, 5.41) is 0. The minimum atomic E-state index is -0.472. The molecule has 5 nitrogen and oxygen atoms in total. The molecule has 1 rings (SSSR count). The molecule has 0 aliphatic heterocycles. The third-order valence-corrected chi connectivity index (χ3v) is 3.09. The van der Waals surface area contributed by atoms with Crippen LogP contribution < -0.4 is 10.6 Å². The number of nitrogens with two attached hydrogens (primary N) is 1. The normalized spacial score (nSPS) is 11.1. The van der Waals surface area contributed by atoms with Crippen molar-refractivity contribution in [3.63, 3.8) is 0 Å². The summed E-state index contributed by atoms with van der Waals surface area (Å²) in [7, 11) is 1.97. The number of nitrogen functional groups attached to an aromatic ring is 1. The number of nitrogens with zero attached hydrogens (tertiary/aromatic N) is 2.